The molecule has 5 nitrogen and oxygen atoms in total. The molecule has 0 unspecified atom stereocenters. The van der Waals surface area contributed by atoms with Gasteiger partial charge in [-0.15, -0.1) is 0 Å². The number of nitrogens with one attached hydrogen (secondary N) is 2. The van der Waals surface area contributed by atoms with Crippen LogP contribution in [0.15, 0.2) is 30.5 Å². The van der Waals surface area contributed by atoms with Gasteiger partial charge in [0.2, 0.25) is 0 Å². The minimum Gasteiger partial charge on any atom is -0.504 e. The van der Waals surface area contributed by atoms with Crippen molar-refractivity contribution in [3.05, 3.63) is 41.7 Å². The molecular weight excluding hydrogens is 218 g/mol. The Morgan fingerprint density at radius 2 is 2.24 bits per heavy atom. The van der Waals surface area contributed by atoms with Crippen molar-refractivity contribution in [2.45, 2.75) is 13.1 Å². The normalized spacial score (nSPS) is 10.4. The molecule has 1 heterocycles. The highest BCUT2D eigenvalue weighted by Gasteiger charge is 2.02. The molecule has 0 bridgehead atoms. The van der Waals surface area contributed by atoms with E-state index in [1.165, 1.54) is 7.11 Å². The second kappa shape index (κ2) is 5.36. The zero-order valence-electron chi connectivity index (χ0n) is 9.60. The second-order valence-corrected chi connectivity index (χ2v) is 3.69. The van der Waals surface area contributed by atoms with Gasteiger partial charge in [0, 0.05) is 25.0 Å². The number of phenols is 1. The number of aromatic nitrogens is 2. The molecule has 0 aliphatic heterocycles. The van der Waals surface area contributed by atoms with E-state index in [1.54, 1.807) is 18.3 Å². The molecule has 3 N–H and O–H groups in total. The Bertz CT molecular complexity index is 469. The largest absolute Gasteiger partial charge is 0.504 e. The van der Waals surface area contributed by atoms with Crippen LogP contribution in [0.3, 0.4) is 0 Å². The standard InChI is InChI=1S/C12H15N3O2/c1-17-12-3-2-9(6-11(12)16)7-13-8-10-4-5-14-15-10/h2-6,13,16H,7-8H2,1H3,(H,14,15). The molecule has 1 aromatic heterocycles. The molecule has 5 heteroatoms. The lowest BCUT2D eigenvalue weighted by Gasteiger charge is -2.07. The summed E-state index contributed by atoms with van der Waals surface area (Å²) >= 11 is 0. The Morgan fingerprint density at radius 3 is 2.88 bits per heavy atom. The molecule has 0 amide bonds. The van der Waals surface area contributed by atoms with E-state index in [9.17, 15) is 5.11 Å². The van der Waals surface area contributed by atoms with Gasteiger partial charge in [0.25, 0.3) is 0 Å². The highest BCUT2D eigenvalue weighted by Crippen LogP contribution is 2.25. The van der Waals surface area contributed by atoms with Crippen LogP contribution in [0.25, 0.3) is 0 Å². The maximum Gasteiger partial charge on any atom is 0.160 e. The number of H-pyrrole nitrogens is 1. The lowest BCUT2D eigenvalue weighted by molar-refractivity contribution is 0.373. The average Bonchev–Trinajstić information content (AvgIpc) is 2.82. The molecule has 0 aliphatic carbocycles. The number of nitrogens with zero attached hydrogens (tertiary/aromatic N) is 1. The third-order valence-corrected chi connectivity index (χ3v) is 2.45. The van der Waals surface area contributed by atoms with Crippen molar-refractivity contribution >= 4 is 0 Å². The number of phenolic OH excluding ortho intramolecular Hbond substituents is 1. The quantitative estimate of drug-likeness (QED) is 0.730. The van der Waals surface area contributed by atoms with Gasteiger partial charge in [-0.2, -0.15) is 5.10 Å². The van der Waals surface area contributed by atoms with Gasteiger partial charge < -0.3 is 15.2 Å². The zero-order valence-corrected chi connectivity index (χ0v) is 9.60. The first-order valence-corrected chi connectivity index (χ1v) is 5.34. The topological polar surface area (TPSA) is 70.2 Å². The van der Waals surface area contributed by atoms with Crippen LogP contribution in [0.2, 0.25) is 0 Å². The molecule has 0 atom stereocenters. The summed E-state index contributed by atoms with van der Waals surface area (Å²) in [6.45, 7) is 1.39. The van der Waals surface area contributed by atoms with Gasteiger partial charge in [0.1, 0.15) is 0 Å². The second-order valence-electron chi connectivity index (χ2n) is 3.69. The Kier molecular flexibility index (Phi) is 3.62. The smallest absolute Gasteiger partial charge is 0.160 e. The first-order valence-electron chi connectivity index (χ1n) is 5.34. The first kappa shape index (κ1) is 11.5. The Labute approximate surface area is 99.4 Å². The van der Waals surface area contributed by atoms with Crippen LogP contribution in [0.4, 0.5) is 0 Å². The van der Waals surface area contributed by atoms with Crippen molar-refractivity contribution in [3.63, 3.8) is 0 Å². The molecule has 2 rings (SSSR count). The van der Waals surface area contributed by atoms with Gasteiger partial charge in [-0.1, -0.05) is 6.07 Å². The van der Waals surface area contributed by atoms with E-state index in [0.717, 1.165) is 11.3 Å². The van der Waals surface area contributed by atoms with Crippen LogP contribution >= 0.6 is 0 Å². The maximum atomic E-state index is 9.61. The highest BCUT2D eigenvalue weighted by atomic mass is 16.5. The maximum absolute atomic E-state index is 9.61. The van der Waals surface area contributed by atoms with Crippen LogP contribution in [0.1, 0.15) is 11.3 Å². The van der Waals surface area contributed by atoms with Crippen molar-refractivity contribution in [1.82, 2.24) is 15.5 Å². The van der Waals surface area contributed by atoms with Crippen molar-refractivity contribution in [3.8, 4) is 11.5 Å². The Balaban J connectivity index is 1.89. The fraction of sp³-hybridized carbons (Fsp3) is 0.250. The fourth-order valence-electron chi connectivity index (χ4n) is 1.57. The van der Waals surface area contributed by atoms with Crippen molar-refractivity contribution in [2.24, 2.45) is 0 Å². The molecule has 90 valence electrons. The molecule has 1 aromatic carbocycles. The highest BCUT2D eigenvalue weighted by molar-refractivity contribution is 5.41. The summed E-state index contributed by atoms with van der Waals surface area (Å²) in [5.74, 6) is 0.649. The molecule has 0 spiro atoms. The number of benzene rings is 1. The lowest BCUT2D eigenvalue weighted by atomic mass is 10.2. The van der Waals surface area contributed by atoms with Crippen molar-refractivity contribution in [1.29, 1.82) is 0 Å². The lowest BCUT2D eigenvalue weighted by Crippen LogP contribution is -2.12. The molecule has 2 aromatic rings. The van der Waals surface area contributed by atoms with Crippen molar-refractivity contribution in [2.75, 3.05) is 7.11 Å². The summed E-state index contributed by atoms with van der Waals surface area (Å²) in [5.41, 5.74) is 2.03. The molecule has 0 fully saturated rings. The predicted molar refractivity (Wildman–Crippen MR) is 63.8 cm³/mol. The van der Waals surface area contributed by atoms with E-state index in [1.807, 2.05) is 12.1 Å². The molecule has 0 saturated heterocycles. The summed E-state index contributed by atoms with van der Waals surface area (Å²) in [6, 6.07) is 7.28. The van der Waals surface area contributed by atoms with Crippen LogP contribution < -0.4 is 10.1 Å². The van der Waals surface area contributed by atoms with Crippen LogP contribution in [-0.4, -0.2) is 22.4 Å². The van der Waals surface area contributed by atoms with E-state index in [0.29, 0.717) is 18.8 Å². The third-order valence-electron chi connectivity index (χ3n) is 2.45. The molecule has 0 radical (unpaired) electrons. The van der Waals surface area contributed by atoms with Gasteiger partial charge in [0.15, 0.2) is 11.5 Å². The summed E-state index contributed by atoms with van der Waals surface area (Å²) in [4.78, 5) is 0. The van der Waals surface area contributed by atoms with Crippen LogP contribution in [0, 0.1) is 0 Å². The van der Waals surface area contributed by atoms with Gasteiger partial charge in [-0.05, 0) is 23.8 Å². The number of hydrogen-bond acceptors (Lipinski definition) is 4. The van der Waals surface area contributed by atoms with Gasteiger partial charge >= 0.3 is 0 Å². The number of hydrogen-bond donors (Lipinski definition) is 3. The van der Waals surface area contributed by atoms with Crippen molar-refractivity contribution < 1.29 is 9.84 Å². The van der Waals surface area contributed by atoms with Crippen LogP contribution in [0.5, 0.6) is 11.5 Å². The van der Waals surface area contributed by atoms with E-state index in [2.05, 4.69) is 15.5 Å². The Hall–Kier alpha value is -2.01. The summed E-state index contributed by atoms with van der Waals surface area (Å²) in [6.07, 6.45) is 1.72. The number of rotatable bonds is 5. The first-order chi connectivity index (χ1) is 8.29. The van der Waals surface area contributed by atoms with Gasteiger partial charge in [-0.3, -0.25) is 5.10 Å². The minimum absolute atomic E-state index is 0.161. The zero-order chi connectivity index (χ0) is 12.1. The van der Waals surface area contributed by atoms with E-state index in [4.69, 9.17) is 4.74 Å². The number of aromatic amines is 1. The third kappa shape index (κ3) is 2.98. The number of ether oxygens (including phenoxy) is 1. The fourth-order valence-corrected chi connectivity index (χ4v) is 1.57. The van der Waals surface area contributed by atoms with E-state index in [-0.39, 0.29) is 5.75 Å². The minimum atomic E-state index is 0.161. The molecule has 17 heavy (non-hydrogen) atoms. The Morgan fingerprint density at radius 1 is 1.35 bits per heavy atom. The average molecular weight is 233 g/mol. The van der Waals surface area contributed by atoms with Gasteiger partial charge in [0.05, 0.1) is 7.11 Å². The van der Waals surface area contributed by atoms with E-state index < -0.39 is 0 Å². The number of methoxy groups -OCH3 is 1. The summed E-state index contributed by atoms with van der Waals surface area (Å²) in [7, 11) is 1.53. The van der Waals surface area contributed by atoms with Crippen LogP contribution in [-0.2, 0) is 13.1 Å². The monoisotopic (exact) mass is 233 g/mol. The molecule has 0 aliphatic rings. The molecule has 0 saturated carbocycles. The predicted octanol–water partition coefficient (Wildman–Crippen LogP) is 1.41. The van der Waals surface area contributed by atoms with Gasteiger partial charge in [-0.25, -0.2) is 0 Å². The molecular formula is C12H15N3O2. The summed E-state index contributed by atoms with van der Waals surface area (Å²) in [5, 5.41) is 19.6. The number of aromatic hydroxyl groups is 1. The van der Waals surface area contributed by atoms with E-state index >= 15 is 0 Å². The SMILES string of the molecule is COc1ccc(CNCc2ccn[nH]2)cc1O. The summed E-state index contributed by atoms with van der Waals surface area (Å²) < 4.78 is 4.98.